The Hall–Kier alpha value is -2.53. The number of hydrogen-bond acceptors (Lipinski definition) is 5. The van der Waals surface area contributed by atoms with Crippen LogP contribution in [0.3, 0.4) is 0 Å². The molecule has 0 amide bonds. The van der Waals surface area contributed by atoms with Crippen LogP contribution in [0.5, 0.6) is 0 Å². The Bertz CT molecular complexity index is 725. The second-order valence-electron chi connectivity index (χ2n) is 6.17. The number of anilines is 1. The summed E-state index contributed by atoms with van der Waals surface area (Å²) in [5, 5.41) is 20.3. The van der Waals surface area contributed by atoms with Gasteiger partial charge in [-0.2, -0.15) is 22.0 Å². The van der Waals surface area contributed by atoms with Gasteiger partial charge in [-0.1, -0.05) is 6.92 Å². The third-order valence-electron chi connectivity index (χ3n) is 4.09. The minimum absolute atomic E-state index is 0.0751. The molecule has 1 fully saturated rings. The van der Waals surface area contributed by atoms with Crippen LogP contribution in [0.4, 0.5) is 33.3 Å². The van der Waals surface area contributed by atoms with Crippen molar-refractivity contribution in [3.05, 3.63) is 28.1 Å². The summed E-state index contributed by atoms with van der Waals surface area (Å²) < 4.78 is 64.8. The van der Waals surface area contributed by atoms with E-state index in [4.69, 9.17) is 5.11 Å². The average Bonchev–Trinajstić information content (AvgIpc) is 2.52. The van der Waals surface area contributed by atoms with Gasteiger partial charge in [-0.05, 0) is 18.4 Å². The topological polar surface area (TPSA) is 96.6 Å². The monoisotopic (exact) mass is 383 g/mol. The Morgan fingerprint density at radius 1 is 1.35 bits per heavy atom. The lowest BCUT2D eigenvalue weighted by Crippen LogP contribution is -2.43. The smallest absolute Gasteiger partial charge is 0.459 e. The van der Waals surface area contributed by atoms with Crippen molar-refractivity contribution in [3.63, 3.8) is 0 Å². The lowest BCUT2D eigenvalue weighted by Gasteiger charge is -2.36. The maximum atomic E-state index is 13.6. The number of hydrogen-bond donors (Lipinski definition) is 1. The van der Waals surface area contributed by atoms with Gasteiger partial charge in [-0.25, -0.2) is 4.98 Å². The molecule has 0 aliphatic carbocycles. The Morgan fingerprint density at radius 3 is 2.46 bits per heavy atom. The highest BCUT2D eigenvalue weighted by Crippen LogP contribution is 2.45. The number of rotatable bonds is 4. The number of aliphatic carboxylic acids is 1. The molecule has 0 saturated carbocycles. The van der Waals surface area contributed by atoms with E-state index in [1.807, 2.05) is 0 Å². The van der Waals surface area contributed by atoms with Gasteiger partial charge in [0.1, 0.15) is 17.6 Å². The zero-order valence-electron chi connectivity index (χ0n) is 13.3. The largest absolute Gasteiger partial charge is 0.481 e. The number of alkyl halides is 5. The normalized spacial score (nSPS) is 21.5. The number of pyridine rings is 1. The molecule has 2 heterocycles. The van der Waals surface area contributed by atoms with Gasteiger partial charge in [0.25, 0.3) is 0 Å². The average molecular weight is 383 g/mol. The first-order valence-electron chi connectivity index (χ1n) is 7.41. The van der Waals surface area contributed by atoms with E-state index in [-0.39, 0.29) is 25.4 Å². The third-order valence-corrected chi connectivity index (χ3v) is 4.09. The summed E-state index contributed by atoms with van der Waals surface area (Å²) in [6.07, 6.45) is -5.33. The quantitative estimate of drug-likeness (QED) is 0.487. The molecule has 0 spiro atoms. The van der Waals surface area contributed by atoms with Crippen molar-refractivity contribution in [2.75, 3.05) is 18.0 Å². The van der Waals surface area contributed by atoms with Crippen molar-refractivity contribution in [2.24, 2.45) is 11.8 Å². The fraction of sp³-hybridized carbons (Fsp3) is 0.571. The van der Waals surface area contributed by atoms with E-state index in [0.717, 1.165) is 4.90 Å². The van der Waals surface area contributed by atoms with E-state index in [1.54, 1.807) is 6.92 Å². The minimum atomic E-state index is -5.92. The molecule has 12 heteroatoms. The van der Waals surface area contributed by atoms with Crippen molar-refractivity contribution in [2.45, 2.75) is 25.4 Å². The first kappa shape index (κ1) is 19.8. The summed E-state index contributed by atoms with van der Waals surface area (Å²) in [7, 11) is 0. The highest BCUT2D eigenvalue weighted by molar-refractivity contribution is 5.72. The lowest BCUT2D eigenvalue weighted by molar-refractivity contribution is -0.384. The molecule has 2 atom stereocenters. The van der Waals surface area contributed by atoms with E-state index in [0.29, 0.717) is 12.3 Å². The molecule has 1 aromatic rings. The summed E-state index contributed by atoms with van der Waals surface area (Å²) >= 11 is 0. The predicted octanol–water partition coefficient (Wildman–Crippen LogP) is 3.19. The van der Waals surface area contributed by atoms with Crippen molar-refractivity contribution in [3.8, 4) is 0 Å². The van der Waals surface area contributed by atoms with E-state index in [9.17, 15) is 36.9 Å². The summed E-state index contributed by atoms with van der Waals surface area (Å²) in [6.45, 7) is 1.48. The van der Waals surface area contributed by atoms with Gasteiger partial charge < -0.3 is 10.0 Å². The Labute approximate surface area is 143 Å². The van der Waals surface area contributed by atoms with Gasteiger partial charge in [0.15, 0.2) is 0 Å². The van der Waals surface area contributed by atoms with E-state index in [2.05, 4.69) is 4.98 Å². The molecule has 144 valence electrons. The maximum Gasteiger partial charge on any atom is 0.459 e. The van der Waals surface area contributed by atoms with E-state index in [1.165, 1.54) is 0 Å². The zero-order chi connectivity index (χ0) is 19.9. The standard InChI is InChI=1S/C14H14F5N3O4/c1-7-2-8(12(23)24)6-21(5-7)9-3-11(13(15,16)14(17,18)19)20-4-10(9)22(25)26/h3-4,7-8H,2,5-6H2,1H3,(H,23,24). The van der Waals surface area contributed by atoms with Crippen LogP contribution in [0.25, 0.3) is 0 Å². The van der Waals surface area contributed by atoms with Crippen LogP contribution >= 0.6 is 0 Å². The molecular weight excluding hydrogens is 369 g/mol. The number of piperidine rings is 1. The molecule has 0 bridgehead atoms. The second-order valence-corrected chi connectivity index (χ2v) is 6.17. The maximum absolute atomic E-state index is 13.6. The second kappa shape index (κ2) is 6.65. The van der Waals surface area contributed by atoms with Crippen LogP contribution in [0.1, 0.15) is 19.0 Å². The summed E-state index contributed by atoms with van der Waals surface area (Å²) in [5.74, 6) is -7.67. The van der Waals surface area contributed by atoms with Gasteiger partial charge in [0, 0.05) is 13.1 Å². The number of carboxylic acids is 1. The number of aromatic nitrogens is 1. The summed E-state index contributed by atoms with van der Waals surface area (Å²) in [4.78, 5) is 25.4. The molecular formula is C14H14F5N3O4. The van der Waals surface area contributed by atoms with Crippen LogP contribution in [0.2, 0.25) is 0 Å². The molecule has 0 radical (unpaired) electrons. The Morgan fingerprint density at radius 2 is 1.96 bits per heavy atom. The Kier molecular flexibility index (Phi) is 5.06. The lowest BCUT2D eigenvalue weighted by atomic mass is 9.90. The molecule has 7 nitrogen and oxygen atoms in total. The highest BCUT2D eigenvalue weighted by atomic mass is 19.4. The number of carbonyl (C=O) groups is 1. The fourth-order valence-electron chi connectivity index (χ4n) is 2.88. The number of nitro groups is 1. The SMILES string of the molecule is CC1CC(C(=O)O)CN(c2cc(C(F)(F)C(F)(F)F)ncc2[N+](=O)[O-])C1. The van der Waals surface area contributed by atoms with Crippen molar-refractivity contribution in [1.82, 2.24) is 4.98 Å². The van der Waals surface area contributed by atoms with Crippen LogP contribution < -0.4 is 4.90 Å². The van der Waals surface area contributed by atoms with Crippen molar-refractivity contribution >= 4 is 17.3 Å². The molecule has 0 aromatic carbocycles. The highest BCUT2D eigenvalue weighted by Gasteiger charge is 2.60. The predicted molar refractivity (Wildman–Crippen MR) is 78.0 cm³/mol. The van der Waals surface area contributed by atoms with Gasteiger partial charge in [0.05, 0.1) is 10.8 Å². The molecule has 2 rings (SSSR count). The summed E-state index contributed by atoms with van der Waals surface area (Å²) in [5.41, 5.74) is -2.97. The summed E-state index contributed by atoms with van der Waals surface area (Å²) in [6, 6.07) is 0.308. The van der Waals surface area contributed by atoms with Crippen LogP contribution in [-0.2, 0) is 10.7 Å². The van der Waals surface area contributed by atoms with Crippen molar-refractivity contribution < 1.29 is 36.8 Å². The molecule has 1 saturated heterocycles. The van der Waals surface area contributed by atoms with Crippen LogP contribution in [-0.4, -0.2) is 40.2 Å². The number of halogens is 5. The molecule has 1 aliphatic heterocycles. The van der Waals surface area contributed by atoms with E-state index >= 15 is 0 Å². The molecule has 26 heavy (non-hydrogen) atoms. The van der Waals surface area contributed by atoms with Gasteiger partial charge in [0.2, 0.25) is 0 Å². The van der Waals surface area contributed by atoms with Gasteiger partial charge >= 0.3 is 23.8 Å². The van der Waals surface area contributed by atoms with Crippen molar-refractivity contribution in [1.29, 1.82) is 0 Å². The Balaban J connectivity index is 2.53. The van der Waals surface area contributed by atoms with E-state index < -0.39 is 46.0 Å². The molecule has 1 N–H and O–H groups in total. The van der Waals surface area contributed by atoms with Crippen LogP contribution in [0.15, 0.2) is 12.3 Å². The molecule has 1 aliphatic rings. The third kappa shape index (κ3) is 3.68. The fourth-order valence-corrected chi connectivity index (χ4v) is 2.88. The molecule has 2 unspecified atom stereocenters. The first-order chi connectivity index (χ1) is 11.8. The van der Waals surface area contributed by atoms with Crippen LogP contribution in [0, 0.1) is 22.0 Å². The minimum Gasteiger partial charge on any atom is -0.481 e. The zero-order valence-corrected chi connectivity index (χ0v) is 13.3. The molecule has 1 aromatic heterocycles. The number of carboxylic acid groups (broad SMARTS) is 1. The van der Waals surface area contributed by atoms with Gasteiger partial charge in [-0.3, -0.25) is 14.9 Å². The number of nitrogens with zero attached hydrogens (tertiary/aromatic N) is 3. The first-order valence-corrected chi connectivity index (χ1v) is 7.41. The van der Waals surface area contributed by atoms with Gasteiger partial charge in [-0.15, -0.1) is 0 Å².